The van der Waals surface area contributed by atoms with E-state index in [1.165, 1.54) is 18.9 Å². The molecule has 0 unspecified atom stereocenters. The average Bonchev–Trinajstić information content (AvgIpc) is 2.58. The largest absolute Gasteiger partial charge is 0.465 e. The fraction of sp³-hybridized carbons (Fsp3) is 0.400. The van der Waals surface area contributed by atoms with Gasteiger partial charge in [-0.3, -0.25) is 9.59 Å². The summed E-state index contributed by atoms with van der Waals surface area (Å²) in [5.41, 5.74) is 1.15. The van der Waals surface area contributed by atoms with Gasteiger partial charge in [0, 0.05) is 18.3 Å². The number of amides is 1. The first-order valence-corrected chi connectivity index (χ1v) is 6.27. The maximum atomic E-state index is 12.2. The second-order valence-electron chi connectivity index (χ2n) is 5.45. The van der Waals surface area contributed by atoms with Gasteiger partial charge in [-0.25, -0.2) is 4.79 Å². The van der Waals surface area contributed by atoms with Crippen molar-refractivity contribution in [3.8, 4) is 0 Å². The van der Waals surface area contributed by atoms with Gasteiger partial charge in [0.25, 0.3) is 0 Å². The lowest BCUT2D eigenvalue weighted by Crippen LogP contribution is -2.33. The number of hydrogen-bond donors (Lipinski definition) is 0. The van der Waals surface area contributed by atoms with Gasteiger partial charge in [-0.1, -0.05) is 0 Å². The van der Waals surface area contributed by atoms with Crippen LogP contribution in [0.3, 0.4) is 0 Å². The summed E-state index contributed by atoms with van der Waals surface area (Å²) in [6, 6.07) is 3.19. The summed E-state index contributed by atoms with van der Waals surface area (Å²) < 4.78 is 4.72. The summed E-state index contributed by atoms with van der Waals surface area (Å²) in [5.74, 6) is -0.876. The number of methoxy groups -OCH3 is 1. The molecule has 0 fully saturated rings. The minimum Gasteiger partial charge on any atom is -0.465 e. The normalized spacial score (nSPS) is 16.1. The molecule has 0 N–H and O–H groups in total. The number of anilines is 1. The molecule has 5 nitrogen and oxygen atoms in total. The highest BCUT2D eigenvalue weighted by Crippen LogP contribution is 2.42. The number of nitrogens with zero attached hydrogens (tertiary/aromatic N) is 1. The van der Waals surface area contributed by atoms with Crippen LogP contribution in [-0.4, -0.2) is 31.8 Å². The average molecular weight is 275 g/mol. The number of ether oxygens (including phenoxy) is 1. The molecule has 0 radical (unpaired) electrons. The first-order chi connectivity index (χ1) is 9.21. The Balaban J connectivity index is 2.76. The standard InChI is InChI=1S/C15H17NO4/c1-8(17)9-7-12-11(6-10(9)13(18)20-5)15(2,3)14(19)16(12)4/h6-7H,1-5H3. The number of Topliss-reactive ketones (excluding diaryl/α,β-unsaturated/α-hetero) is 1. The summed E-state index contributed by atoms with van der Waals surface area (Å²) in [6.07, 6.45) is 0. The molecule has 0 saturated carbocycles. The predicted octanol–water partition coefficient (Wildman–Crippen LogP) is 1.93. The van der Waals surface area contributed by atoms with Crippen molar-refractivity contribution in [1.82, 2.24) is 0 Å². The van der Waals surface area contributed by atoms with Crippen molar-refractivity contribution in [1.29, 1.82) is 0 Å². The molecule has 20 heavy (non-hydrogen) atoms. The van der Waals surface area contributed by atoms with Crippen LogP contribution in [0.2, 0.25) is 0 Å². The fourth-order valence-corrected chi connectivity index (χ4v) is 2.58. The summed E-state index contributed by atoms with van der Waals surface area (Å²) in [4.78, 5) is 37.3. The maximum absolute atomic E-state index is 12.2. The number of rotatable bonds is 2. The van der Waals surface area contributed by atoms with Crippen LogP contribution in [0, 0.1) is 0 Å². The van der Waals surface area contributed by atoms with Crippen LogP contribution in [0.4, 0.5) is 5.69 Å². The Morgan fingerprint density at radius 1 is 1.20 bits per heavy atom. The van der Waals surface area contributed by atoms with Gasteiger partial charge in [-0.15, -0.1) is 0 Å². The summed E-state index contributed by atoms with van der Waals surface area (Å²) in [6.45, 7) is 4.98. The third kappa shape index (κ3) is 1.81. The van der Waals surface area contributed by atoms with Crippen LogP contribution in [0.25, 0.3) is 0 Å². The monoisotopic (exact) mass is 275 g/mol. The lowest BCUT2D eigenvalue weighted by atomic mass is 9.84. The maximum Gasteiger partial charge on any atom is 0.338 e. The Hall–Kier alpha value is -2.17. The van der Waals surface area contributed by atoms with E-state index < -0.39 is 11.4 Å². The first kappa shape index (κ1) is 14.2. The second-order valence-corrected chi connectivity index (χ2v) is 5.45. The van der Waals surface area contributed by atoms with E-state index in [0.29, 0.717) is 5.69 Å². The molecule has 1 aliphatic rings. The number of carbonyl (C=O) groups is 3. The van der Waals surface area contributed by atoms with Crippen molar-refractivity contribution in [2.45, 2.75) is 26.2 Å². The lowest BCUT2D eigenvalue weighted by molar-refractivity contribution is -0.121. The van der Waals surface area contributed by atoms with Gasteiger partial charge in [0.05, 0.1) is 18.1 Å². The van der Waals surface area contributed by atoms with Crippen LogP contribution < -0.4 is 4.90 Å². The van der Waals surface area contributed by atoms with E-state index >= 15 is 0 Å². The van der Waals surface area contributed by atoms with Gasteiger partial charge in [0.15, 0.2) is 5.78 Å². The molecule has 5 heteroatoms. The summed E-state index contributed by atoms with van der Waals surface area (Å²) >= 11 is 0. The van der Waals surface area contributed by atoms with E-state index in [1.54, 1.807) is 33.0 Å². The molecule has 106 valence electrons. The molecule has 1 aromatic rings. The number of fused-ring (bicyclic) bond motifs is 1. The number of benzene rings is 1. The number of ketones is 1. The molecule has 1 heterocycles. The molecule has 0 atom stereocenters. The van der Waals surface area contributed by atoms with Crippen molar-refractivity contribution in [3.63, 3.8) is 0 Å². The highest BCUT2D eigenvalue weighted by atomic mass is 16.5. The third-order valence-electron chi connectivity index (χ3n) is 3.79. The number of carbonyl (C=O) groups excluding carboxylic acids is 3. The third-order valence-corrected chi connectivity index (χ3v) is 3.79. The van der Waals surface area contributed by atoms with Crippen LogP contribution >= 0.6 is 0 Å². The van der Waals surface area contributed by atoms with Gasteiger partial charge in [0.2, 0.25) is 5.91 Å². The SMILES string of the molecule is COC(=O)c1cc2c(cc1C(C)=O)N(C)C(=O)C2(C)C. The molecular weight excluding hydrogens is 258 g/mol. The van der Waals surface area contributed by atoms with E-state index in [2.05, 4.69) is 0 Å². The Morgan fingerprint density at radius 2 is 1.80 bits per heavy atom. The lowest BCUT2D eigenvalue weighted by Gasteiger charge is -2.16. The molecule has 2 rings (SSSR count). The van der Waals surface area contributed by atoms with E-state index in [9.17, 15) is 14.4 Å². The predicted molar refractivity (Wildman–Crippen MR) is 74.2 cm³/mol. The van der Waals surface area contributed by atoms with Crippen molar-refractivity contribution >= 4 is 23.3 Å². The van der Waals surface area contributed by atoms with Crippen LogP contribution in [0.5, 0.6) is 0 Å². The van der Waals surface area contributed by atoms with Crippen LogP contribution in [0.1, 0.15) is 47.1 Å². The number of likely N-dealkylation sites (N-methyl/N-ethyl adjacent to an activating group) is 1. The van der Waals surface area contributed by atoms with Gasteiger partial charge in [-0.2, -0.15) is 0 Å². The smallest absolute Gasteiger partial charge is 0.338 e. The molecule has 0 aromatic heterocycles. The quantitative estimate of drug-likeness (QED) is 0.611. The minimum absolute atomic E-state index is 0.0657. The van der Waals surface area contributed by atoms with Crippen LogP contribution in [-0.2, 0) is 14.9 Å². The Bertz CT molecular complexity index is 631. The molecule has 1 amide bonds. The van der Waals surface area contributed by atoms with Gasteiger partial charge in [0.1, 0.15) is 0 Å². The zero-order valence-electron chi connectivity index (χ0n) is 12.2. The zero-order chi connectivity index (χ0) is 15.2. The molecule has 1 aromatic carbocycles. The summed E-state index contributed by atoms with van der Waals surface area (Å²) in [5, 5.41) is 0. The molecule has 0 bridgehead atoms. The highest BCUT2D eigenvalue weighted by Gasteiger charge is 2.43. The van der Waals surface area contributed by atoms with Crippen molar-refractivity contribution < 1.29 is 19.1 Å². The van der Waals surface area contributed by atoms with Crippen LogP contribution in [0.15, 0.2) is 12.1 Å². The second kappa shape index (κ2) is 4.44. The van der Waals surface area contributed by atoms with E-state index in [0.717, 1.165) is 5.56 Å². The van der Waals surface area contributed by atoms with E-state index in [-0.39, 0.29) is 22.8 Å². The molecular formula is C15H17NO4. The Labute approximate surface area is 117 Å². The number of esters is 1. The van der Waals surface area contributed by atoms with Gasteiger partial charge in [-0.05, 0) is 38.5 Å². The Morgan fingerprint density at radius 3 is 2.30 bits per heavy atom. The van der Waals surface area contributed by atoms with E-state index in [4.69, 9.17) is 4.74 Å². The fourth-order valence-electron chi connectivity index (χ4n) is 2.58. The first-order valence-electron chi connectivity index (χ1n) is 6.27. The van der Waals surface area contributed by atoms with E-state index in [1.807, 2.05) is 0 Å². The Kier molecular flexibility index (Phi) is 3.16. The van der Waals surface area contributed by atoms with Gasteiger partial charge < -0.3 is 9.64 Å². The molecule has 0 saturated heterocycles. The van der Waals surface area contributed by atoms with Crippen molar-refractivity contribution in [2.24, 2.45) is 0 Å². The topological polar surface area (TPSA) is 63.7 Å². The highest BCUT2D eigenvalue weighted by molar-refractivity contribution is 6.12. The summed E-state index contributed by atoms with van der Waals surface area (Å²) in [7, 11) is 2.93. The molecule has 1 aliphatic heterocycles. The van der Waals surface area contributed by atoms with Crippen molar-refractivity contribution in [3.05, 3.63) is 28.8 Å². The van der Waals surface area contributed by atoms with Crippen molar-refractivity contribution in [2.75, 3.05) is 19.1 Å². The molecule has 0 aliphatic carbocycles. The molecule has 0 spiro atoms. The zero-order valence-corrected chi connectivity index (χ0v) is 12.2. The number of hydrogen-bond acceptors (Lipinski definition) is 4. The van der Waals surface area contributed by atoms with Gasteiger partial charge >= 0.3 is 5.97 Å². The minimum atomic E-state index is -0.720.